The van der Waals surface area contributed by atoms with Crippen molar-refractivity contribution in [3.05, 3.63) is 22.5 Å². The van der Waals surface area contributed by atoms with Gasteiger partial charge in [-0.1, -0.05) is 0 Å². The van der Waals surface area contributed by atoms with Gasteiger partial charge in [-0.3, -0.25) is 4.68 Å². The summed E-state index contributed by atoms with van der Waals surface area (Å²) >= 11 is 1.42. The maximum Gasteiger partial charge on any atom is 0.357 e. The highest BCUT2D eigenvalue weighted by Crippen LogP contribution is 2.29. The van der Waals surface area contributed by atoms with E-state index in [1.165, 1.54) is 18.4 Å². The summed E-state index contributed by atoms with van der Waals surface area (Å²) in [5, 5.41) is 6.83. The molecule has 0 radical (unpaired) electrons. The van der Waals surface area contributed by atoms with Crippen LogP contribution in [0.25, 0.3) is 10.6 Å². The van der Waals surface area contributed by atoms with Crippen LogP contribution in [0.5, 0.6) is 0 Å². The van der Waals surface area contributed by atoms with Gasteiger partial charge in [0.05, 0.1) is 18.4 Å². The molecule has 0 fully saturated rings. The monoisotopic (exact) mass is 251 g/mol. The van der Waals surface area contributed by atoms with E-state index in [0.717, 1.165) is 22.0 Å². The van der Waals surface area contributed by atoms with Crippen molar-refractivity contribution in [2.24, 2.45) is 7.05 Å². The standard InChI is InChI=1S/C11H13N3O2S/c1-6-9(7(2)14(3)13-6)10-12-8(5-17-10)11(15)16-4/h5H,1-4H3. The fraction of sp³-hybridized carbons (Fsp3) is 0.364. The molecule has 0 amide bonds. The van der Waals surface area contributed by atoms with Gasteiger partial charge in [0.25, 0.3) is 0 Å². The molecule has 2 aromatic rings. The summed E-state index contributed by atoms with van der Waals surface area (Å²) in [5.41, 5.74) is 3.28. The number of aryl methyl sites for hydroxylation is 2. The molecule has 0 N–H and O–H groups in total. The predicted octanol–water partition coefficient (Wildman–Crippen LogP) is 1.95. The number of aromatic nitrogens is 3. The van der Waals surface area contributed by atoms with E-state index < -0.39 is 5.97 Å². The zero-order valence-corrected chi connectivity index (χ0v) is 11.0. The van der Waals surface area contributed by atoms with Crippen LogP contribution in [0.4, 0.5) is 0 Å². The minimum atomic E-state index is -0.410. The first-order chi connectivity index (χ1) is 8.04. The topological polar surface area (TPSA) is 57.0 Å². The van der Waals surface area contributed by atoms with Crippen LogP contribution in [0.2, 0.25) is 0 Å². The number of thiazole rings is 1. The van der Waals surface area contributed by atoms with E-state index >= 15 is 0 Å². The summed E-state index contributed by atoms with van der Waals surface area (Å²) in [6.45, 7) is 3.91. The summed E-state index contributed by atoms with van der Waals surface area (Å²) in [4.78, 5) is 15.6. The van der Waals surface area contributed by atoms with Gasteiger partial charge in [0.2, 0.25) is 0 Å². The lowest BCUT2D eigenvalue weighted by molar-refractivity contribution is 0.0595. The molecule has 17 heavy (non-hydrogen) atoms. The van der Waals surface area contributed by atoms with Crippen molar-refractivity contribution in [1.82, 2.24) is 14.8 Å². The molecule has 5 nitrogen and oxygen atoms in total. The number of hydrogen-bond donors (Lipinski definition) is 0. The van der Waals surface area contributed by atoms with Crippen molar-refractivity contribution in [1.29, 1.82) is 0 Å². The molecular formula is C11H13N3O2S. The van der Waals surface area contributed by atoms with Crippen LogP contribution in [-0.4, -0.2) is 27.8 Å². The van der Waals surface area contributed by atoms with Gasteiger partial charge in [-0.05, 0) is 13.8 Å². The molecule has 0 saturated carbocycles. The van der Waals surface area contributed by atoms with E-state index in [1.807, 2.05) is 25.6 Å². The molecule has 90 valence electrons. The van der Waals surface area contributed by atoms with Gasteiger partial charge in [-0.2, -0.15) is 5.10 Å². The Morgan fingerprint density at radius 2 is 2.18 bits per heavy atom. The van der Waals surface area contributed by atoms with Crippen LogP contribution >= 0.6 is 11.3 Å². The first-order valence-electron chi connectivity index (χ1n) is 5.09. The van der Waals surface area contributed by atoms with Gasteiger partial charge >= 0.3 is 5.97 Å². The summed E-state index contributed by atoms with van der Waals surface area (Å²) in [7, 11) is 3.24. The smallest absolute Gasteiger partial charge is 0.357 e. The Bertz CT molecular complexity index is 571. The number of ether oxygens (including phenoxy) is 1. The molecule has 0 bridgehead atoms. The zero-order chi connectivity index (χ0) is 12.6. The molecule has 0 aliphatic carbocycles. The molecule has 0 aromatic carbocycles. The first-order valence-corrected chi connectivity index (χ1v) is 5.97. The van der Waals surface area contributed by atoms with Crippen molar-refractivity contribution in [3.8, 4) is 10.6 Å². The van der Waals surface area contributed by atoms with Gasteiger partial charge in [0.1, 0.15) is 5.01 Å². The maximum atomic E-state index is 11.3. The van der Waals surface area contributed by atoms with E-state index in [-0.39, 0.29) is 0 Å². The Labute approximate surface area is 103 Å². The highest BCUT2D eigenvalue weighted by molar-refractivity contribution is 7.13. The van der Waals surface area contributed by atoms with Crippen LogP contribution in [0.3, 0.4) is 0 Å². The zero-order valence-electron chi connectivity index (χ0n) is 10.1. The highest BCUT2D eigenvalue weighted by Gasteiger charge is 2.17. The Hall–Kier alpha value is -1.69. The Morgan fingerprint density at radius 3 is 2.71 bits per heavy atom. The normalized spacial score (nSPS) is 10.6. The quantitative estimate of drug-likeness (QED) is 0.765. The average Bonchev–Trinajstić information content (AvgIpc) is 2.85. The Kier molecular flexibility index (Phi) is 2.97. The van der Waals surface area contributed by atoms with Crippen LogP contribution in [-0.2, 0) is 11.8 Å². The lowest BCUT2D eigenvalue weighted by Gasteiger charge is -1.96. The molecule has 0 unspecified atom stereocenters. The van der Waals surface area contributed by atoms with E-state index in [0.29, 0.717) is 5.69 Å². The summed E-state index contributed by atoms with van der Waals surface area (Å²) in [6, 6.07) is 0. The summed E-state index contributed by atoms with van der Waals surface area (Å²) in [6.07, 6.45) is 0. The van der Waals surface area contributed by atoms with Crippen molar-refractivity contribution < 1.29 is 9.53 Å². The molecule has 0 atom stereocenters. The third-order valence-corrected chi connectivity index (χ3v) is 3.48. The van der Waals surface area contributed by atoms with Gasteiger partial charge < -0.3 is 4.74 Å². The van der Waals surface area contributed by atoms with Crippen molar-refractivity contribution >= 4 is 17.3 Å². The van der Waals surface area contributed by atoms with Gasteiger partial charge in [-0.15, -0.1) is 11.3 Å². The second-order valence-corrected chi connectivity index (χ2v) is 4.56. The Balaban J connectivity index is 2.47. The average molecular weight is 251 g/mol. The minimum Gasteiger partial charge on any atom is -0.464 e. The Morgan fingerprint density at radius 1 is 1.47 bits per heavy atom. The highest BCUT2D eigenvalue weighted by atomic mass is 32.1. The van der Waals surface area contributed by atoms with Crippen LogP contribution < -0.4 is 0 Å². The molecular weight excluding hydrogens is 238 g/mol. The third-order valence-electron chi connectivity index (χ3n) is 2.62. The minimum absolute atomic E-state index is 0.343. The number of hydrogen-bond acceptors (Lipinski definition) is 5. The number of nitrogens with zero attached hydrogens (tertiary/aromatic N) is 3. The van der Waals surface area contributed by atoms with Gasteiger partial charge in [0, 0.05) is 18.1 Å². The first kappa shape index (κ1) is 11.8. The number of rotatable bonds is 2. The summed E-state index contributed by atoms with van der Waals surface area (Å²) < 4.78 is 6.44. The van der Waals surface area contributed by atoms with E-state index in [4.69, 9.17) is 0 Å². The van der Waals surface area contributed by atoms with Crippen LogP contribution in [0, 0.1) is 13.8 Å². The molecule has 2 heterocycles. The second kappa shape index (κ2) is 4.29. The summed E-state index contributed by atoms with van der Waals surface area (Å²) in [5.74, 6) is -0.410. The number of carbonyl (C=O) groups is 1. The predicted molar refractivity (Wildman–Crippen MR) is 65.1 cm³/mol. The number of esters is 1. The SMILES string of the molecule is COC(=O)c1csc(-c2c(C)nn(C)c2C)n1. The largest absolute Gasteiger partial charge is 0.464 e. The molecule has 0 saturated heterocycles. The van der Waals surface area contributed by atoms with Crippen molar-refractivity contribution in [3.63, 3.8) is 0 Å². The van der Waals surface area contributed by atoms with E-state index in [1.54, 1.807) is 5.38 Å². The van der Waals surface area contributed by atoms with Crippen LogP contribution in [0.15, 0.2) is 5.38 Å². The number of methoxy groups -OCH3 is 1. The molecule has 0 aliphatic rings. The van der Waals surface area contributed by atoms with Crippen LogP contribution in [0.1, 0.15) is 21.9 Å². The molecule has 0 aliphatic heterocycles. The fourth-order valence-electron chi connectivity index (χ4n) is 1.67. The fourth-order valence-corrected chi connectivity index (χ4v) is 2.61. The maximum absolute atomic E-state index is 11.3. The number of carbonyl (C=O) groups excluding carboxylic acids is 1. The van der Waals surface area contributed by atoms with Crippen molar-refractivity contribution in [2.45, 2.75) is 13.8 Å². The molecule has 2 rings (SSSR count). The van der Waals surface area contributed by atoms with E-state index in [9.17, 15) is 4.79 Å². The lowest BCUT2D eigenvalue weighted by Crippen LogP contribution is -2.01. The second-order valence-electron chi connectivity index (χ2n) is 3.70. The van der Waals surface area contributed by atoms with Crippen molar-refractivity contribution in [2.75, 3.05) is 7.11 Å². The molecule has 2 aromatic heterocycles. The lowest BCUT2D eigenvalue weighted by atomic mass is 10.2. The molecule has 0 spiro atoms. The molecule has 6 heteroatoms. The van der Waals surface area contributed by atoms with Gasteiger partial charge in [0.15, 0.2) is 5.69 Å². The van der Waals surface area contributed by atoms with E-state index in [2.05, 4.69) is 14.8 Å². The third kappa shape index (κ3) is 1.95. The van der Waals surface area contributed by atoms with Gasteiger partial charge in [-0.25, -0.2) is 9.78 Å².